The predicted molar refractivity (Wildman–Crippen MR) is 122 cm³/mol. The molecule has 1 saturated heterocycles. The number of amides is 2. The van der Waals surface area contributed by atoms with Gasteiger partial charge in [-0.25, -0.2) is 4.79 Å². The van der Waals surface area contributed by atoms with Crippen LogP contribution in [0.5, 0.6) is 11.5 Å². The molecule has 3 rings (SSSR count). The lowest BCUT2D eigenvalue weighted by atomic mass is 10.0. The highest BCUT2D eigenvalue weighted by Gasteiger charge is 2.32. The number of rotatable bonds is 9. The van der Waals surface area contributed by atoms with Gasteiger partial charge in [0.05, 0.1) is 26.3 Å². The van der Waals surface area contributed by atoms with E-state index < -0.39 is 0 Å². The van der Waals surface area contributed by atoms with Crippen LogP contribution in [0.25, 0.3) is 0 Å². The fraction of sp³-hybridized carbons (Fsp3) is 0.522. The van der Waals surface area contributed by atoms with Gasteiger partial charge in [-0.05, 0) is 60.5 Å². The largest absolute Gasteiger partial charge is 0.497 e. The Morgan fingerprint density at radius 1 is 1.27 bits per heavy atom. The second-order valence-electron chi connectivity index (χ2n) is 7.44. The molecule has 30 heavy (non-hydrogen) atoms. The summed E-state index contributed by atoms with van der Waals surface area (Å²) >= 11 is 1.70. The van der Waals surface area contributed by atoms with E-state index >= 15 is 0 Å². The molecule has 0 radical (unpaired) electrons. The quantitative estimate of drug-likeness (QED) is 0.626. The molecular weight excluding hydrogens is 398 g/mol. The lowest BCUT2D eigenvalue weighted by Crippen LogP contribution is -2.44. The molecule has 2 unspecified atom stereocenters. The van der Waals surface area contributed by atoms with Crippen molar-refractivity contribution in [1.29, 1.82) is 0 Å². The molecule has 0 saturated carbocycles. The smallest absolute Gasteiger partial charge is 0.317 e. The number of nitrogens with zero attached hydrogens (tertiary/aromatic N) is 2. The van der Waals surface area contributed by atoms with Gasteiger partial charge in [0.15, 0.2) is 0 Å². The van der Waals surface area contributed by atoms with Crippen molar-refractivity contribution >= 4 is 17.4 Å². The summed E-state index contributed by atoms with van der Waals surface area (Å²) < 4.78 is 10.9. The molecule has 2 amide bonds. The van der Waals surface area contributed by atoms with E-state index in [1.807, 2.05) is 23.1 Å². The maximum absolute atomic E-state index is 13.2. The molecule has 2 heterocycles. The van der Waals surface area contributed by atoms with E-state index in [1.54, 1.807) is 25.6 Å². The summed E-state index contributed by atoms with van der Waals surface area (Å²) in [6.45, 7) is 7.57. The third-order valence-electron chi connectivity index (χ3n) is 5.94. The van der Waals surface area contributed by atoms with Crippen LogP contribution in [0.15, 0.2) is 35.0 Å². The fourth-order valence-corrected chi connectivity index (χ4v) is 5.01. The molecule has 2 aromatic rings. The minimum atomic E-state index is -0.0113. The van der Waals surface area contributed by atoms with Crippen molar-refractivity contribution in [1.82, 2.24) is 15.1 Å². The lowest BCUT2D eigenvalue weighted by molar-refractivity contribution is 0.178. The number of hydrogen-bond acceptors (Lipinski definition) is 5. The average Bonchev–Trinajstić information content (AvgIpc) is 3.48. The SMILES string of the molecule is CCN(CC)C(CNC(=O)N1CCCC1c1ccc(OC)cc1OC)c1ccsc1. The van der Waals surface area contributed by atoms with Gasteiger partial charge in [-0.2, -0.15) is 11.3 Å². The molecule has 0 bridgehead atoms. The van der Waals surface area contributed by atoms with E-state index in [9.17, 15) is 4.79 Å². The maximum Gasteiger partial charge on any atom is 0.317 e. The van der Waals surface area contributed by atoms with Crippen molar-refractivity contribution in [3.05, 3.63) is 46.2 Å². The fourth-order valence-electron chi connectivity index (χ4n) is 4.30. The van der Waals surface area contributed by atoms with Gasteiger partial charge in [-0.15, -0.1) is 0 Å². The van der Waals surface area contributed by atoms with Crippen LogP contribution in [-0.4, -0.2) is 56.2 Å². The molecule has 1 aliphatic heterocycles. The van der Waals surface area contributed by atoms with Gasteiger partial charge in [-0.1, -0.05) is 13.8 Å². The highest BCUT2D eigenvalue weighted by Crippen LogP contribution is 2.38. The average molecular weight is 432 g/mol. The van der Waals surface area contributed by atoms with Crippen LogP contribution in [0, 0.1) is 0 Å². The van der Waals surface area contributed by atoms with Gasteiger partial charge in [0.25, 0.3) is 0 Å². The Bertz CT molecular complexity index is 808. The summed E-state index contributed by atoms with van der Waals surface area (Å²) in [5, 5.41) is 7.48. The van der Waals surface area contributed by atoms with Crippen molar-refractivity contribution in [2.75, 3.05) is 40.4 Å². The first-order valence-corrected chi connectivity index (χ1v) is 11.6. The van der Waals surface area contributed by atoms with Crippen LogP contribution in [-0.2, 0) is 0 Å². The molecule has 164 valence electrons. The Labute approximate surface area is 183 Å². The lowest BCUT2D eigenvalue weighted by Gasteiger charge is -2.31. The number of thiophene rings is 1. The van der Waals surface area contributed by atoms with Crippen LogP contribution < -0.4 is 14.8 Å². The predicted octanol–water partition coefficient (Wildman–Crippen LogP) is 4.69. The van der Waals surface area contributed by atoms with E-state index in [0.29, 0.717) is 6.54 Å². The molecule has 1 fully saturated rings. The first-order chi connectivity index (χ1) is 14.6. The number of hydrogen-bond donors (Lipinski definition) is 1. The van der Waals surface area contributed by atoms with Crippen molar-refractivity contribution in [2.24, 2.45) is 0 Å². The van der Waals surface area contributed by atoms with Crippen LogP contribution in [0.4, 0.5) is 4.79 Å². The van der Waals surface area contributed by atoms with Crippen LogP contribution >= 0.6 is 11.3 Å². The van der Waals surface area contributed by atoms with Crippen molar-refractivity contribution in [3.8, 4) is 11.5 Å². The maximum atomic E-state index is 13.2. The number of carbonyl (C=O) groups is 1. The molecular formula is C23H33N3O3S. The minimum Gasteiger partial charge on any atom is -0.497 e. The summed E-state index contributed by atoms with van der Waals surface area (Å²) in [7, 11) is 3.30. The third-order valence-corrected chi connectivity index (χ3v) is 6.64. The molecule has 0 spiro atoms. The number of benzene rings is 1. The minimum absolute atomic E-state index is 0.0113. The third kappa shape index (κ3) is 4.90. The number of methoxy groups -OCH3 is 2. The number of urea groups is 1. The van der Waals surface area contributed by atoms with Gasteiger partial charge in [0.1, 0.15) is 11.5 Å². The summed E-state index contributed by atoms with van der Waals surface area (Å²) in [6.07, 6.45) is 1.91. The molecule has 0 aliphatic carbocycles. The van der Waals surface area contributed by atoms with Gasteiger partial charge < -0.3 is 19.7 Å². The van der Waals surface area contributed by atoms with E-state index in [1.165, 1.54) is 5.56 Å². The topological polar surface area (TPSA) is 54.0 Å². The Morgan fingerprint density at radius 3 is 2.70 bits per heavy atom. The number of nitrogens with one attached hydrogen (secondary N) is 1. The van der Waals surface area contributed by atoms with Crippen LogP contribution in [0.3, 0.4) is 0 Å². The standard InChI is InChI=1S/C23H33N3O3S/c1-5-25(6-2)21(17-11-13-30-16-17)15-24-23(27)26-12-7-8-20(26)19-10-9-18(28-3)14-22(19)29-4/h9-11,13-14,16,20-21H,5-8,12,15H2,1-4H3,(H,24,27). The highest BCUT2D eigenvalue weighted by molar-refractivity contribution is 7.07. The van der Waals surface area contributed by atoms with Crippen molar-refractivity contribution < 1.29 is 14.3 Å². The zero-order valence-electron chi connectivity index (χ0n) is 18.4. The zero-order chi connectivity index (χ0) is 21.5. The molecule has 1 aromatic carbocycles. The van der Waals surface area contributed by atoms with E-state index in [-0.39, 0.29) is 18.1 Å². The van der Waals surface area contributed by atoms with Gasteiger partial charge in [-0.3, -0.25) is 4.90 Å². The first-order valence-electron chi connectivity index (χ1n) is 10.6. The van der Waals surface area contributed by atoms with E-state index in [4.69, 9.17) is 9.47 Å². The molecule has 1 N–H and O–H groups in total. The van der Waals surface area contributed by atoms with Gasteiger partial charge in [0, 0.05) is 24.7 Å². The normalized spacial score (nSPS) is 17.2. The summed E-state index contributed by atoms with van der Waals surface area (Å²) in [4.78, 5) is 17.5. The number of likely N-dealkylation sites (N-methyl/N-ethyl adjacent to an activating group) is 1. The molecule has 1 aromatic heterocycles. The van der Waals surface area contributed by atoms with E-state index in [0.717, 1.165) is 49.5 Å². The summed E-state index contributed by atoms with van der Waals surface area (Å²) in [5.74, 6) is 1.51. The molecule has 7 heteroatoms. The second-order valence-corrected chi connectivity index (χ2v) is 8.22. The Kier molecular flexibility index (Phi) is 7.99. The van der Waals surface area contributed by atoms with Crippen LogP contribution in [0.1, 0.15) is 49.9 Å². The molecule has 6 nitrogen and oxygen atoms in total. The van der Waals surface area contributed by atoms with Crippen LogP contribution in [0.2, 0.25) is 0 Å². The summed E-state index contributed by atoms with van der Waals surface area (Å²) in [5.41, 5.74) is 2.29. The van der Waals surface area contributed by atoms with Gasteiger partial charge in [0.2, 0.25) is 0 Å². The number of ether oxygens (including phenoxy) is 2. The number of carbonyl (C=O) groups excluding carboxylic acids is 1. The van der Waals surface area contributed by atoms with Gasteiger partial charge >= 0.3 is 6.03 Å². The van der Waals surface area contributed by atoms with Crippen molar-refractivity contribution in [3.63, 3.8) is 0 Å². The first kappa shape index (κ1) is 22.4. The van der Waals surface area contributed by atoms with Crippen molar-refractivity contribution in [2.45, 2.75) is 38.8 Å². The molecule has 2 atom stereocenters. The number of likely N-dealkylation sites (tertiary alicyclic amines) is 1. The molecule has 1 aliphatic rings. The zero-order valence-corrected chi connectivity index (χ0v) is 19.2. The van der Waals surface area contributed by atoms with E-state index in [2.05, 4.69) is 40.9 Å². The second kappa shape index (κ2) is 10.7. The monoisotopic (exact) mass is 431 g/mol. The Balaban J connectivity index is 1.73. The highest BCUT2D eigenvalue weighted by atomic mass is 32.1. The Hall–Kier alpha value is -2.25. The summed E-state index contributed by atoms with van der Waals surface area (Å²) in [6, 6.07) is 8.17. The Morgan fingerprint density at radius 2 is 2.07 bits per heavy atom.